The summed E-state index contributed by atoms with van der Waals surface area (Å²) in [7, 11) is 0. The summed E-state index contributed by atoms with van der Waals surface area (Å²) in [6.45, 7) is 2.48. The number of aromatic carboxylic acids is 1. The minimum absolute atomic E-state index is 0.160. The molecule has 1 aromatic heterocycles. The molecule has 1 aromatic carbocycles. The number of nitrogens with one attached hydrogen (secondary N) is 1. The molecule has 2 rings (SSSR count). The normalized spacial score (nSPS) is 10.2. The number of aromatic nitrogens is 2. The van der Waals surface area contributed by atoms with Gasteiger partial charge in [-0.15, -0.1) is 0 Å². The van der Waals surface area contributed by atoms with Gasteiger partial charge in [0.1, 0.15) is 0 Å². The van der Waals surface area contributed by atoms with Gasteiger partial charge in [0.05, 0.1) is 11.3 Å². The van der Waals surface area contributed by atoms with Gasteiger partial charge in [0.25, 0.3) is 0 Å². The Bertz CT molecular complexity index is 570. The van der Waals surface area contributed by atoms with Crippen molar-refractivity contribution < 1.29 is 9.90 Å². The van der Waals surface area contributed by atoms with E-state index in [2.05, 4.69) is 15.3 Å². The standard InChI is InChI=1S/C14H15N3O2/c1-2-12-11(13(18)19)9-16-14(17-12)15-8-10-6-4-3-5-7-10/h3-7,9H,2,8H2,1H3,(H,18,19)(H,15,16,17). The first-order valence-corrected chi connectivity index (χ1v) is 6.07. The summed E-state index contributed by atoms with van der Waals surface area (Å²) in [5.41, 5.74) is 1.82. The lowest BCUT2D eigenvalue weighted by Crippen LogP contribution is -2.10. The van der Waals surface area contributed by atoms with Crippen molar-refractivity contribution in [1.29, 1.82) is 0 Å². The number of benzene rings is 1. The molecule has 0 spiro atoms. The fourth-order valence-corrected chi connectivity index (χ4v) is 1.73. The van der Waals surface area contributed by atoms with E-state index in [1.807, 2.05) is 37.3 Å². The number of anilines is 1. The van der Waals surface area contributed by atoms with Crippen LogP contribution in [-0.4, -0.2) is 21.0 Å². The molecule has 0 atom stereocenters. The molecule has 2 aromatic rings. The Morgan fingerprint density at radius 1 is 1.32 bits per heavy atom. The Kier molecular flexibility index (Phi) is 4.07. The van der Waals surface area contributed by atoms with Gasteiger partial charge in [-0.3, -0.25) is 0 Å². The molecule has 0 amide bonds. The highest BCUT2D eigenvalue weighted by molar-refractivity contribution is 5.88. The molecule has 0 aliphatic carbocycles. The first kappa shape index (κ1) is 13.0. The molecule has 0 saturated carbocycles. The van der Waals surface area contributed by atoms with E-state index in [4.69, 9.17) is 5.11 Å². The van der Waals surface area contributed by atoms with E-state index in [1.54, 1.807) is 0 Å². The quantitative estimate of drug-likeness (QED) is 0.860. The number of hydrogen-bond donors (Lipinski definition) is 2. The zero-order valence-corrected chi connectivity index (χ0v) is 10.6. The highest BCUT2D eigenvalue weighted by Gasteiger charge is 2.11. The lowest BCUT2D eigenvalue weighted by atomic mass is 10.2. The van der Waals surface area contributed by atoms with E-state index < -0.39 is 5.97 Å². The van der Waals surface area contributed by atoms with E-state index in [0.29, 0.717) is 24.6 Å². The molecule has 2 N–H and O–H groups in total. The van der Waals surface area contributed by atoms with Gasteiger partial charge in [-0.1, -0.05) is 37.3 Å². The molecule has 5 nitrogen and oxygen atoms in total. The minimum atomic E-state index is -0.994. The third kappa shape index (κ3) is 3.28. The molecular formula is C14H15N3O2. The first-order chi connectivity index (χ1) is 9.20. The Morgan fingerprint density at radius 3 is 2.68 bits per heavy atom. The zero-order chi connectivity index (χ0) is 13.7. The van der Waals surface area contributed by atoms with Crippen LogP contribution in [0, 0.1) is 0 Å². The molecule has 0 aliphatic heterocycles. The number of carboxylic acids is 1. The molecule has 1 heterocycles. The van der Waals surface area contributed by atoms with Crippen molar-refractivity contribution in [3.63, 3.8) is 0 Å². The largest absolute Gasteiger partial charge is 0.478 e. The summed E-state index contributed by atoms with van der Waals surface area (Å²) in [5.74, 6) is -0.544. The Labute approximate surface area is 111 Å². The van der Waals surface area contributed by atoms with E-state index in [-0.39, 0.29) is 5.56 Å². The van der Waals surface area contributed by atoms with Crippen LogP contribution < -0.4 is 5.32 Å². The van der Waals surface area contributed by atoms with Crippen LogP contribution in [0.25, 0.3) is 0 Å². The van der Waals surface area contributed by atoms with Gasteiger partial charge >= 0.3 is 5.97 Å². The van der Waals surface area contributed by atoms with Gasteiger partial charge in [-0.05, 0) is 12.0 Å². The summed E-state index contributed by atoms with van der Waals surface area (Å²) >= 11 is 0. The van der Waals surface area contributed by atoms with Crippen molar-refractivity contribution in [3.8, 4) is 0 Å². The highest BCUT2D eigenvalue weighted by Crippen LogP contribution is 2.10. The van der Waals surface area contributed by atoms with Crippen molar-refractivity contribution in [2.45, 2.75) is 19.9 Å². The molecule has 0 bridgehead atoms. The highest BCUT2D eigenvalue weighted by atomic mass is 16.4. The topological polar surface area (TPSA) is 75.1 Å². The molecule has 98 valence electrons. The van der Waals surface area contributed by atoms with Crippen LogP contribution in [0.3, 0.4) is 0 Å². The maximum Gasteiger partial charge on any atom is 0.339 e. The van der Waals surface area contributed by atoms with Crippen molar-refractivity contribution in [2.75, 3.05) is 5.32 Å². The van der Waals surface area contributed by atoms with Crippen LogP contribution in [0.2, 0.25) is 0 Å². The van der Waals surface area contributed by atoms with Crippen molar-refractivity contribution >= 4 is 11.9 Å². The number of carboxylic acid groups (broad SMARTS) is 1. The maximum atomic E-state index is 11.0. The Balaban J connectivity index is 2.11. The summed E-state index contributed by atoms with van der Waals surface area (Å²) in [6.07, 6.45) is 1.91. The molecule has 0 unspecified atom stereocenters. The Hall–Kier alpha value is -2.43. The van der Waals surface area contributed by atoms with Gasteiger partial charge in [-0.2, -0.15) is 0 Å². The van der Waals surface area contributed by atoms with Crippen LogP contribution in [-0.2, 0) is 13.0 Å². The number of rotatable bonds is 5. The van der Waals surface area contributed by atoms with Crippen molar-refractivity contribution in [2.24, 2.45) is 0 Å². The van der Waals surface area contributed by atoms with Crippen LogP contribution in [0.5, 0.6) is 0 Å². The molecule has 5 heteroatoms. The number of carbonyl (C=O) groups is 1. The van der Waals surface area contributed by atoms with Crippen LogP contribution in [0.15, 0.2) is 36.5 Å². The van der Waals surface area contributed by atoms with Crippen LogP contribution in [0.1, 0.15) is 28.5 Å². The predicted molar refractivity (Wildman–Crippen MR) is 72.1 cm³/mol. The maximum absolute atomic E-state index is 11.0. The summed E-state index contributed by atoms with van der Waals surface area (Å²) < 4.78 is 0. The van der Waals surface area contributed by atoms with Gasteiger partial charge in [-0.25, -0.2) is 14.8 Å². The summed E-state index contributed by atoms with van der Waals surface area (Å²) in [6, 6.07) is 9.88. The van der Waals surface area contributed by atoms with Gasteiger partial charge in [0.15, 0.2) is 0 Å². The Morgan fingerprint density at radius 2 is 2.05 bits per heavy atom. The molecule has 0 aliphatic rings. The van der Waals surface area contributed by atoms with E-state index in [9.17, 15) is 4.79 Å². The predicted octanol–water partition coefficient (Wildman–Crippen LogP) is 2.35. The lowest BCUT2D eigenvalue weighted by molar-refractivity contribution is 0.0694. The number of hydrogen-bond acceptors (Lipinski definition) is 4. The second kappa shape index (κ2) is 5.95. The molecule has 19 heavy (non-hydrogen) atoms. The molecule has 0 radical (unpaired) electrons. The van der Waals surface area contributed by atoms with E-state index in [0.717, 1.165) is 5.56 Å². The summed E-state index contributed by atoms with van der Waals surface area (Å²) in [4.78, 5) is 19.2. The number of nitrogens with zero attached hydrogens (tertiary/aromatic N) is 2. The SMILES string of the molecule is CCc1nc(NCc2ccccc2)ncc1C(=O)O. The third-order valence-corrected chi connectivity index (χ3v) is 2.73. The zero-order valence-electron chi connectivity index (χ0n) is 10.6. The second-order valence-corrected chi connectivity index (χ2v) is 4.05. The van der Waals surface area contributed by atoms with Crippen LogP contribution in [0.4, 0.5) is 5.95 Å². The van der Waals surface area contributed by atoms with Gasteiger partial charge in [0.2, 0.25) is 5.95 Å². The number of aryl methyl sites for hydroxylation is 1. The average molecular weight is 257 g/mol. The fraction of sp³-hybridized carbons (Fsp3) is 0.214. The summed E-state index contributed by atoms with van der Waals surface area (Å²) in [5, 5.41) is 12.1. The van der Waals surface area contributed by atoms with Gasteiger partial charge in [0, 0.05) is 12.7 Å². The second-order valence-electron chi connectivity index (χ2n) is 4.05. The monoisotopic (exact) mass is 257 g/mol. The minimum Gasteiger partial charge on any atom is -0.478 e. The van der Waals surface area contributed by atoms with E-state index >= 15 is 0 Å². The van der Waals surface area contributed by atoms with Crippen molar-refractivity contribution in [1.82, 2.24) is 9.97 Å². The molecule has 0 fully saturated rings. The van der Waals surface area contributed by atoms with Crippen molar-refractivity contribution in [3.05, 3.63) is 53.3 Å². The molecular weight excluding hydrogens is 242 g/mol. The fourth-order valence-electron chi connectivity index (χ4n) is 1.73. The van der Waals surface area contributed by atoms with E-state index in [1.165, 1.54) is 6.20 Å². The average Bonchev–Trinajstić information content (AvgIpc) is 2.45. The lowest BCUT2D eigenvalue weighted by Gasteiger charge is -2.07. The third-order valence-electron chi connectivity index (χ3n) is 2.73. The van der Waals surface area contributed by atoms with Crippen LogP contribution >= 0.6 is 0 Å². The molecule has 0 saturated heterocycles. The van der Waals surface area contributed by atoms with Gasteiger partial charge < -0.3 is 10.4 Å². The first-order valence-electron chi connectivity index (χ1n) is 6.07. The smallest absolute Gasteiger partial charge is 0.339 e.